The van der Waals surface area contributed by atoms with Gasteiger partial charge in [-0.15, -0.1) is 0 Å². The highest BCUT2D eigenvalue weighted by molar-refractivity contribution is 8.00. The summed E-state index contributed by atoms with van der Waals surface area (Å²) in [5.74, 6) is 1.01. The first kappa shape index (κ1) is 17.2. The highest BCUT2D eigenvalue weighted by Crippen LogP contribution is 2.27. The number of nitrogens with one attached hydrogen (secondary N) is 1. The summed E-state index contributed by atoms with van der Waals surface area (Å²) >= 11 is 1.94. The third-order valence-corrected chi connectivity index (χ3v) is 6.10. The number of aryl methyl sites for hydroxylation is 2. The Balaban J connectivity index is 2.14. The summed E-state index contributed by atoms with van der Waals surface area (Å²) in [7, 11) is 1.95. The van der Waals surface area contributed by atoms with Crippen molar-refractivity contribution in [3.63, 3.8) is 0 Å². The van der Waals surface area contributed by atoms with E-state index in [0.717, 1.165) is 35.7 Å². The zero-order chi connectivity index (χ0) is 16.4. The molecule has 1 aliphatic rings. The molecule has 0 radical (unpaired) electrons. The predicted molar refractivity (Wildman–Crippen MR) is 92.3 cm³/mol. The molecule has 0 bridgehead atoms. The van der Waals surface area contributed by atoms with Gasteiger partial charge in [-0.1, -0.05) is 13.8 Å². The molecule has 6 heteroatoms. The third kappa shape index (κ3) is 3.26. The summed E-state index contributed by atoms with van der Waals surface area (Å²) < 4.78 is 1.89. The van der Waals surface area contributed by atoms with Crippen molar-refractivity contribution in [3.05, 3.63) is 17.0 Å². The van der Waals surface area contributed by atoms with Gasteiger partial charge in [0, 0.05) is 41.9 Å². The number of urea groups is 1. The van der Waals surface area contributed by atoms with Gasteiger partial charge >= 0.3 is 6.03 Å². The minimum atomic E-state index is 0.0262. The molecule has 0 spiro atoms. The number of hydrogen-bond acceptors (Lipinski definition) is 3. The molecular formula is C16H28N4OS. The lowest BCUT2D eigenvalue weighted by Crippen LogP contribution is -2.52. The molecule has 22 heavy (non-hydrogen) atoms. The van der Waals surface area contributed by atoms with Gasteiger partial charge < -0.3 is 10.2 Å². The zero-order valence-corrected chi connectivity index (χ0v) is 15.3. The molecule has 0 aliphatic carbocycles. The first-order chi connectivity index (χ1) is 10.4. The van der Waals surface area contributed by atoms with Crippen LogP contribution in [0.1, 0.15) is 50.2 Å². The van der Waals surface area contributed by atoms with Crippen molar-refractivity contribution in [2.75, 3.05) is 12.3 Å². The molecule has 3 atom stereocenters. The number of rotatable bonds is 3. The molecular weight excluding hydrogens is 296 g/mol. The van der Waals surface area contributed by atoms with Gasteiger partial charge in [-0.2, -0.15) is 16.9 Å². The van der Waals surface area contributed by atoms with Gasteiger partial charge in [-0.3, -0.25) is 4.68 Å². The van der Waals surface area contributed by atoms with Gasteiger partial charge in [0.2, 0.25) is 0 Å². The second-order valence-electron chi connectivity index (χ2n) is 6.13. The van der Waals surface area contributed by atoms with Crippen LogP contribution in [0.5, 0.6) is 0 Å². The van der Waals surface area contributed by atoms with Crippen LogP contribution in [0.15, 0.2) is 0 Å². The maximum Gasteiger partial charge on any atom is 0.318 e. The molecule has 124 valence electrons. The second kappa shape index (κ2) is 6.94. The molecule has 1 aromatic heterocycles. The Labute approximate surface area is 137 Å². The number of hydrogen-bond donors (Lipinski definition) is 1. The van der Waals surface area contributed by atoms with Crippen molar-refractivity contribution >= 4 is 17.8 Å². The van der Waals surface area contributed by atoms with E-state index < -0.39 is 0 Å². The Morgan fingerprint density at radius 3 is 2.68 bits per heavy atom. The van der Waals surface area contributed by atoms with E-state index in [1.807, 2.05) is 35.3 Å². The second-order valence-corrected chi connectivity index (χ2v) is 7.61. The van der Waals surface area contributed by atoms with Crippen molar-refractivity contribution in [2.45, 2.75) is 58.4 Å². The molecule has 1 aliphatic heterocycles. The Bertz CT molecular complexity index is 542. The summed E-state index contributed by atoms with van der Waals surface area (Å²) in [4.78, 5) is 14.7. The fourth-order valence-electron chi connectivity index (χ4n) is 3.12. The smallest absolute Gasteiger partial charge is 0.318 e. The van der Waals surface area contributed by atoms with E-state index in [0.29, 0.717) is 5.25 Å². The minimum absolute atomic E-state index is 0.0262. The molecule has 0 saturated carbocycles. The van der Waals surface area contributed by atoms with Gasteiger partial charge in [0.15, 0.2) is 0 Å². The van der Waals surface area contributed by atoms with Gasteiger partial charge in [0.05, 0.1) is 11.7 Å². The van der Waals surface area contributed by atoms with Crippen LogP contribution in [0.3, 0.4) is 0 Å². The normalized spacial score (nSPS) is 23.5. The van der Waals surface area contributed by atoms with Crippen LogP contribution in [-0.4, -0.2) is 44.3 Å². The van der Waals surface area contributed by atoms with Crippen molar-refractivity contribution in [1.82, 2.24) is 20.0 Å². The number of carbonyl (C=O) groups excluding carboxylic acids is 1. The Morgan fingerprint density at radius 1 is 1.45 bits per heavy atom. The molecule has 2 rings (SSSR count). The van der Waals surface area contributed by atoms with Gasteiger partial charge in [-0.25, -0.2) is 4.79 Å². The van der Waals surface area contributed by atoms with Gasteiger partial charge in [-0.05, 0) is 27.2 Å². The summed E-state index contributed by atoms with van der Waals surface area (Å²) in [5.41, 5.74) is 3.29. The predicted octanol–water partition coefficient (Wildman–Crippen LogP) is 3.02. The standard InChI is InChI=1S/C16H28N4OS/c1-7-14(15-10(2)18-19(6)12(15)4)17-16(21)20-8-9-22-13(5)11(20)3/h11,13-14H,7-9H2,1-6H3,(H,17,21)/t11-,13-,14+/m1/s1. The number of amides is 2. The van der Waals surface area contributed by atoms with Crippen LogP contribution >= 0.6 is 11.8 Å². The van der Waals surface area contributed by atoms with Crippen molar-refractivity contribution in [1.29, 1.82) is 0 Å². The van der Waals surface area contributed by atoms with E-state index in [2.05, 4.69) is 38.1 Å². The molecule has 0 unspecified atom stereocenters. The van der Waals surface area contributed by atoms with Crippen LogP contribution < -0.4 is 5.32 Å². The van der Waals surface area contributed by atoms with E-state index in [4.69, 9.17) is 0 Å². The monoisotopic (exact) mass is 324 g/mol. The van der Waals surface area contributed by atoms with E-state index in [1.54, 1.807) is 0 Å². The summed E-state index contributed by atoms with van der Waals surface area (Å²) in [6.07, 6.45) is 0.867. The average Bonchev–Trinajstić information content (AvgIpc) is 2.72. The molecule has 1 fully saturated rings. The van der Waals surface area contributed by atoms with E-state index in [9.17, 15) is 4.79 Å². The third-order valence-electron chi connectivity index (χ3n) is 4.76. The summed E-state index contributed by atoms with van der Waals surface area (Å²) in [6.45, 7) is 11.3. The van der Waals surface area contributed by atoms with Crippen molar-refractivity contribution < 1.29 is 4.79 Å². The van der Waals surface area contributed by atoms with Crippen LogP contribution in [-0.2, 0) is 7.05 Å². The fraction of sp³-hybridized carbons (Fsp3) is 0.750. The lowest BCUT2D eigenvalue weighted by atomic mass is 10.0. The molecule has 1 N–H and O–H groups in total. The van der Waals surface area contributed by atoms with Gasteiger partial charge in [0.1, 0.15) is 0 Å². The van der Waals surface area contributed by atoms with Gasteiger partial charge in [0.25, 0.3) is 0 Å². The number of thioether (sulfide) groups is 1. The SMILES string of the molecule is CC[C@H](NC(=O)N1CCS[C@H](C)[C@H]1C)c1c(C)nn(C)c1C. The minimum Gasteiger partial charge on any atom is -0.331 e. The summed E-state index contributed by atoms with van der Waals surface area (Å²) in [5, 5.41) is 8.19. The Morgan fingerprint density at radius 2 is 2.14 bits per heavy atom. The van der Waals surface area contributed by atoms with Crippen LogP contribution in [0.2, 0.25) is 0 Å². The quantitative estimate of drug-likeness (QED) is 0.930. The zero-order valence-electron chi connectivity index (χ0n) is 14.5. The molecule has 2 amide bonds. The largest absolute Gasteiger partial charge is 0.331 e. The lowest BCUT2D eigenvalue weighted by molar-refractivity contribution is 0.176. The Hall–Kier alpha value is -1.17. The summed E-state index contributed by atoms with van der Waals surface area (Å²) in [6, 6.07) is 0.347. The fourth-order valence-corrected chi connectivity index (χ4v) is 4.22. The highest BCUT2D eigenvalue weighted by atomic mass is 32.2. The molecule has 5 nitrogen and oxygen atoms in total. The first-order valence-electron chi connectivity index (χ1n) is 8.05. The van der Waals surface area contributed by atoms with E-state index >= 15 is 0 Å². The molecule has 0 aromatic carbocycles. The average molecular weight is 324 g/mol. The van der Waals surface area contributed by atoms with Crippen LogP contribution in [0.4, 0.5) is 4.79 Å². The first-order valence-corrected chi connectivity index (χ1v) is 9.10. The number of nitrogens with zero attached hydrogens (tertiary/aromatic N) is 3. The van der Waals surface area contributed by atoms with E-state index in [-0.39, 0.29) is 18.1 Å². The number of carbonyl (C=O) groups is 1. The molecule has 2 heterocycles. The van der Waals surface area contributed by atoms with Crippen molar-refractivity contribution in [2.24, 2.45) is 7.05 Å². The van der Waals surface area contributed by atoms with Crippen LogP contribution in [0, 0.1) is 13.8 Å². The number of aromatic nitrogens is 2. The van der Waals surface area contributed by atoms with Crippen molar-refractivity contribution in [3.8, 4) is 0 Å². The Kier molecular flexibility index (Phi) is 5.42. The molecule has 1 saturated heterocycles. The topological polar surface area (TPSA) is 50.2 Å². The maximum atomic E-state index is 12.7. The highest BCUT2D eigenvalue weighted by Gasteiger charge is 2.30. The maximum absolute atomic E-state index is 12.7. The van der Waals surface area contributed by atoms with Crippen LogP contribution in [0.25, 0.3) is 0 Å². The lowest BCUT2D eigenvalue weighted by Gasteiger charge is -2.38. The molecule has 1 aromatic rings. The van der Waals surface area contributed by atoms with E-state index in [1.165, 1.54) is 0 Å².